The molecule has 0 saturated heterocycles. The highest BCUT2D eigenvalue weighted by atomic mass is 32.1. The molecule has 0 radical (unpaired) electrons. The number of carbonyl (C=O) groups is 3. The minimum Gasteiger partial charge on any atom is -0.451 e. The number of alkyl halides is 3. The Morgan fingerprint density at radius 2 is 2.04 bits per heavy atom. The second-order valence-electron chi connectivity index (χ2n) is 4.87. The van der Waals surface area contributed by atoms with Crippen molar-refractivity contribution in [3.05, 3.63) is 27.4 Å². The van der Waals surface area contributed by atoms with Crippen LogP contribution in [-0.4, -0.2) is 42.2 Å². The summed E-state index contributed by atoms with van der Waals surface area (Å²) in [5.41, 5.74) is 1.27. The first-order chi connectivity index (χ1) is 12.2. The Morgan fingerprint density at radius 1 is 1.31 bits per heavy atom. The summed E-state index contributed by atoms with van der Waals surface area (Å²) < 4.78 is 40.6. The molecule has 0 saturated carbocycles. The highest BCUT2D eigenvalue weighted by molar-refractivity contribution is 7.17. The van der Waals surface area contributed by atoms with Gasteiger partial charge in [-0.05, 0) is 18.4 Å². The molecule has 0 aliphatic rings. The van der Waals surface area contributed by atoms with Crippen LogP contribution in [-0.2, 0) is 9.53 Å². The monoisotopic (exact) mass is 407 g/mol. The van der Waals surface area contributed by atoms with Crippen molar-refractivity contribution in [2.24, 2.45) is 0 Å². The Morgan fingerprint density at radius 3 is 2.65 bits per heavy atom. The summed E-state index contributed by atoms with van der Waals surface area (Å²) in [6, 6.07) is 0.502. The van der Waals surface area contributed by atoms with Crippen molar-refractivity contribution in [3.63, 3.8) is 0 Å². The number of ether oxygens (including phenoxy) is 1. The van der Waals surface area contributed by atoms with E-state index < -0.39 is 37.2 Å². The lowest BCUT2D eigenvalue weighted by atomic mass is 10.3. The molecule has 0 spiro atoms. The second-order valence-corrected chi connectivity index (χ2v) is 6.65. The number of hydrogen-bond donors (Lipinski definition) is 2. The average Bonchev–Trinajstić information content (AvgIpc) is 3.19. The summed E-state index contributed by atoms with van der Waals surface area (Å²) in [5.74, 6) is -1.87. The lowest BCUT2D eigenvalue weighted by Gasteiger charge is -2.09. The van der Waals surface area contributed by atoms with Gasteiger partial charge in [-0.25, -0.2) is 14.6 Å². The van der Waals surface area contributed by atoms with Gasteiger partial charge in [-0.15, -0.1) is 11.3 Å². The number of aryl methyl sites for hydroxylation is 1. The molecule has 0 atom stereocenters. The lowest BCUT2D eigenvalue weighted by Crippen LogP contribution is -2.44. The molecule has 0 aliphatic carbocycles. The normalized spacial score (nSPS) is 11.1. The van der Waals surface area contributed by atoms with Gasteiger partial charge in [0.1, 0.15) is 16.4 Å². The SMILES string of the molecule is Cc1nc(-c2ccsc2)sc1C(=O)OCC(=O)NC(=O)NCC(F)(F)F. The zero-order valence-corrected chi connectivity index (χ0v) is 14.8. The van der Waals surface area contributed by atoms with Crippen LogP contribution in [0.1, 0.15) is 15.4 Å². The predicted octanol–water partition coefficient (Wildman–Crippen LogP) is 2.72. The molecule has 0 fully saturated rings. The van der Waals surface area contributed by atoms with E-state index >= 15 is 0 Å². The Hall–Kier alpha value is -2.47. The first-order valence-electron chi connectivity index (χ1n) is 6.97. The smallest absolute Gasteiger partial charge is 0.405 e. The van der Waals surface area contributed by atoms with Gasteiger partial charge in [0.2, 0.25) is 0 Å². The van der Waals surface area contributed by atoms with E-state index in [-0.39, 0.29) is 4.88 Å². The van der Waals surface area contributed by atoms with Crippen LogP contribution in [0.4, 0.5) is 18.0 Å². The number of esters is 1. The van der Waals surface area contributed by atoms with Gasteiger partial charge in [0.05, 0.1) is 5.69 Å². The van der Waals surface area contributed by atoms with E-state index in [9.17, 15) is 27.6 Å². The van der Waals surface area contributed by atoms with Gasteiger partial charge >= 0.3 is 18.2 Å². The number of nitrogens with one attached hydrogen (secondary N) is 2. The third-order valence-corrected chi connectivity index (χ3v) is 4.66. The quantitative estimate of drug-likeness (QED) is 0.743. The largest absolute Gasteiger partial charge is 0.451 e. The highest BCUT2D eigenvalue weighted by Crippen LogP contribution is 2.29. The van der Waals surface area contributed by atoms with E-state index in [4.69, 9.17) is 4.74 Å². The maximum atomic E-state index is 12.0. The highest BCUT2D eigenvalue weighted by Gasteiger charge is 2.28. The third kappa shape index (κ3) is 5.81. The van der Waals surface area contributed by atoms with Gasteiger partial charge < -0.3 is 10.1 Å². The van der Waals surface area contributed by atoms with Crippen molar-refractivity contribution in [3.8, 4) is 10.6 Å². The summed E-state index contributed by atoms with van der Waals surface area (Å²) in [5, 5.41) is 7.42. The molecule has 2 aromatic heterocycles. The maximum absolute atomic E-state index is 12.0. The molecule has 140 valence electrons. The molecule has 7 nitrogen and oxygen atoms in total. The molecular formula is C14H12F3N3O4S2. The van der Waals surface area contributed by atoms with Crippen molar-refractivity contribution in [1.82, 2.24) is 15.6 Å². The molecular weight excluding hydrogens is 395 g/mol. The molecule has 2 aromatic rings. The minimum atomic E-state index is -4.60. The summed E-state index contributed by atoms with van der Waals surface area (Å²) in [4.78, 5) is 39.0. The van der Waals surface area contributed by atoms with Crippen LogP contribution in [0.15, 0.2) is 16.8 Å². The van der Waals surface area contributed by atoms with Gasteiger partial charge in [-0.1, -0.05) is 0 Å². The van der Waals surface area contributed by atoms with Crippen LogP contribution in [0.2, 0.25) is 0 Å². The molecule has 0 bridgehead atoms. The van der Waals surface area contributed by atoms with Crippen LogP contribution < -0.4 is 10.6 Å². The summed E-state index contributed by atoms with van der Waals surface area (Å²) in [6.45, 7) is -0.797. The zero-order valence-electron chi connectivity index (χ0n) is 13.2. The Bertz CT molecular complexity index is 803. The molecule has 2 N–H and O–H groups in total. The van der Waals surface area contributed by atoms with E-state index in [0.717, 1.165) is 16.9 Å². The number of hydrogen-bond acceptors (Lipinski definition) is 7. The Labute approximate surface area is 153 Å². The molecule has 2 heterocycles. The number of halogens is 3. The molecule has 26 heavy (non-hydrogen) atoms. The van der Waals surface area contributed by atoms with Crippen molar-refractivity contribution in [2.45, 2.75) is 13.1 Å². The van der Waals surface area contributed by atoms with Crippen LogP contribution in [0, 0.1) is 6.92 Å². The van der Waals surface area contributed by atoms with E-state index in [2.05, 4.69) is 4.98 Å². The van der Waals surface area contributed by atoms with Gasteiger partial charge in [0.25, 0.3) is 5.91 Å². The number of amides is 3. The molecule has 0 aromatic carbocycles. The standard InChI is InChI=1S/C14H12F3N3O4S2/c1-7-10(26-11(19-7)8-2-3-25-5-8)12(22)24-4-9(21)20-13(23)18-6-14(15,16)17/h2-3,5H,4,6H2,1H3,(H2,18,20,21,23). The number of thiophene rings is 1. The number of rotatable bonds is 5. The molecule has 2 rings (SSSR count). The number of aromatic nitrogens is 1. The van der Waals surface area contributed by atoms with E-state index in [1.165, 1.54) is 16.7 Å². The van der Waals surface area contributed by atoms with Crippen LogP contribution in [0.25, 0.3) is 10.6 Å². The molecule has 0 unspecified atom stereocenters. The zero-order chi connectivity index (χ0) is 19.3. The van der Waals surface area contributed by atoms with Crippen molar-refractivity contribution in [2.75, 3.05) is 13.2 Å². The molecule has 3 amide bonds. The van der Waals surface area contributed by atoms with Crippen molar-refractivity contribution < 1.29 is 32.3 Å². The van der Waals surface area contributed by atoms with Gasteiger partial charge in [-0.2, -0.15) is 24.5 Å². The van der Waals surface area contributed by atoms with Crippen LogP contribution in [0.3, 0.4) is 0 Å². The van der Waals surface area contributed by atoms with Crippen LogP contribution in [0.5, 0.6) is 0 Å². The fraction of sp³-hybridized carbons (Fsp3) is 0.286. The average molecular weight is 407 g/mol. The fourth-order valence-electron chi connectivity index (χ4n) is 1.68. The maximum Gasteiger partial charge on any atom is 0.405 e. The summed E-state index contributed by atoms with van der Waals surface area (Å²) in [7, 11) is 0. The van der Waals surface area contributed by atoms with Gasteiger partial charge in [0, 0.05) is 10.9 Å². The molecule has 12 heteroatoms. The Kier molecular flexibility index (Phi) is 6.32. The topological polar surface area (TPSA) is 97.4 Å². The second kappa shape index (κ2) is 8.27. The van der Waals surface area contributed by atoms with E-state index in [1.807, 2.05) is 16.8 Å². The summed E-state index contributed by atoms with van der Waals surface area (Å²) >= 11 is 2.56. The first kappa shape index (κ1) is 19.8. The van der Waals surface area contributed by atoms with Gasteiger partial charge in [-0.3, -0.25) is 10.1 Å². The fourth-order valence-corrected chi connectivity index (χ4v) is 3.35. The lowest BCUT2D eigenvalue weighted by molar-refractivity contribution is -0.125. The van der Waals surface area contributed by atoms with Crippen molar-refractivity contribution >= 4 is 40.6 Å². The number of thiazole rings is 1. The number of urea groups is 1. The number of nitrogens with zero attached hydrogens (tertiary/aromatic N) is 1. The Balaban J connectivity index is 1.85. The van der Waals surface area contributed by atoms with Gasteiger partial charge in [0.15, 0.2) is 6.61 Å². The predicted molar refractivity (Wildman–Crippen MR) is 88.0 cm³/mol. The number of imide groups is 1. The molecule has 0 aliphatic heterocycles. The minimum absolute atomic E-state index is 0.195. The van der Waals surface area contributed by atoms with E-state index in [0.29, 0.717) is 10.7 Å². The van der Waals surface area contributed by atoms with E-state index in [1.54, 1.807) is 12.2 Å². The van der Waals surface area contributed by atoms with Crippen molar-refractivity contribution in [1.29, 1.82) is 0 Å². The third-order valence-electron chi connectivity index (χ3n) is 2.79. The summed E-state index contributed by atoms with van der Waals surface area (Å²) in [6.07, 6.45) is -4.60. The number of carbonyl (C=O) groups excluding carboxylic acids is 3. The first-order valence-corrected chi connectivity index (χ1v) is 8.73. The van der Waals surface area contributed by atoms with Crippen LogP contribution >= 0.6 is 22.7 Å².